The van der Waals surface area contributed by atoms with Crippen molar-refractivity contribution >= 4 is 44.2 Å². The van der Waals surface area contributed by atoms with Crippen LogP contribution in [0.2, 0.25) is 5.02 Å². The van der Waals surface area contributed by atoms with Gasteiger partial charge in [0.05, 0.1) is 6.10 Å². The molecule has 4 nitrogen and oxygen atoms in total. The number of benzene rings is 3. The quantitative estimate of drug-likeness (QED) is 0.359. The summed E-state index contributed by atoms with van der Waals surface area (Å²) in [6.07, 6.45) is 3.54. The van der Waals surface area contributed by atoms with E-state index in [4.69, 9.17) is 11.6 Å². The number of nitrogens with zero attached hydrogens (tertiary/aromatic N) is 1. The van der Waals surface area contributed by atoms with Crippen LogP contribution in [-0.2, 0) is 0 Å². The van der Waals surface area contributed by atoms with E-state index in [1.807, 2.05) is 61.7 Å². The number of aromatic amines is 2. The lowest BCUT2D eigenvalue weighted by molar-refractivity contribution is 0.138. The van der Waals surface area contributed by atoms with Gasteiger partial charge in [-0.2, -0.15) is 0 Å². The minimum Gasteiger partial charge on any atom is -0.387 e. The Hall–Kier alpha value is -2.79. The van der Waals surface area contributed by atoms with E-state index in [1.54, 1.807) is 0 Å². The van der Waals surface area contributed by atoms with Crippen LogP contribution in [0.15, 0.2) is 60.9 Å². The third-order valence-corrected chi connectivity index (χ3v) is 5.86. The number of aliphatic hydroxyl groups excluding tert-OH is 1. The summed E-state index contributed by atoms with van der Waals surface area (Å²) in [5.41, 5.74) is 5.15. The van der Waals surface area contributed by atoms with Gasteiger partial charge in [-0.1, -0.05) is 35.9 Å². The highest BCUT2D eigenvalue weighted by Crippen LogP contribution is 2.40. The number of halogens is 1. The van der Waals surface area contributed by atoms with Crippen molar-refractivity contribution < 1.29 is 5.11 Å². The lowest BCUT2D eigenvalue weighted by Gasteiger charge is -2.16. The number of rotatable bonds is 4. The van der Waals surface area contributed by atoms with Crippen LogP contribution < -0.4 is 0 Å². The fourth-order valence-electron chi connectivity index (χ4n) is 4.21. The second kappa shape index (κ2) is 6.92. The third kappa shape index (κ3) is 3.01. The molecule has 0 bridgehead atoms. The summed E-state index contributed by atoms with van der Waals surface area (Å²) >= 11 is 6.50. The maximum absolute atomic E-state index is 10.6. The molecule has 0 aliphatic carbocycles. The van der Waals surface area contributed by atoms with Gasteiger partial charge in [-0.3, -0.25) is 0 Å². The molecule has 0 spiro atoms. The number of aliphatic hydroxyl groups is 1. The van der Waals surface area contributed by atoms with Crippen LogP contribution in [0.3, 0.4) is 0 Å². The summed E-state index contributed by atoms with van der Waals surface area (Å²) in [4.78, 5) is 8.80. The molecular weight excluding hydrogens is 382 g/mol. The zero-order valence-electron chi connectivity index (χ0n) is 16.3. The van der Waals surface area contributed by atoms with Crippen molar-refractivity contribution in [3.8, 4) is 11.1 Å². The van der Waals surface area contributed by atoms with E-state index in [0.29, 0.717) is 6.54 Å². The van der Waals surface area contributed by atoms with Gasteiger partial charge < -0.3 is 20.0 Å². The van der Waals surface area contributed by atoms with Crippen molar-refractivity contribution in [2.24, 2.45) is 0 Å². The zero-order valence-corrected chi connectivity index (χ0v) is 17.1. The summed E-state index contributed by atoms with van der Waals surface area (Å²) in [5.74, 6) is 0. The first-order valence-electron chi connectivity index (χ1n) is 9.65. The van der Waals surface area contributed by atoms with Crippen LogP contribution in [0.4, 0.5) is 0 Å². The largest absolute Gasteiger partial charge is 0.387 e. The average molecular weight is 404 g/mol. The standard InChI is InChI=1S/C24H22ClN3O/c1-28(2)13-23(29)14-7-8-21-17(9-14)24-19-12-26-11-18(19)16(10-22(24)27-21)15-5-3-4-6-20(15)25/h3-12,23,26-27,29H,13H2,1-2H3. The molecule has 3 aromatic carbocycles. The number of aromatic nitrogens is 2. The molecule has 3 N–H and O–H groups in total. The number of nitrogens with one attached hydrogen (secondary N) is 2. The minimum atomic E-state index is -0.525. The molecule has 2 heterocycles. The van der Waals surface area contributed by atoms with Crippen molar-refractivity contribution in [3.05, 3.63) is 71.5 Å². The summed E-state index contributed by atoms with van der Waals surface area (Å²) in [6.45, 7) is 0.587. The van der Waals surface area contributed by atoms with Crippen LogP contribution in [0.1, 0.15) is 11.7 Å². The Morgan fingerprint density at radius 2 is 1.72 bits per heavy atom. The SMILES string of the molecule is CN(C)CC(O)c1ccc2[nH]c3cc(-c4ccccc4Cl)c4c[nH]cc4c3c2c1. The van der Waals surface area contributed by atoms with Gasteiger partial charge in [0.15, 0.2) is 0 Å². The van der Waals surface area contributed by atoms with Gasteiger partial charge in [-0.05, 0) is 49.5 Å². The topological polar surface area (TPSA) is 55.0 Å². The molecule has 2 aromatic heterocycles. The van der Waals surface area contributed by atoms with E-state index in [2.05, 4.69) is 28.2 Å². The number of hydrogen-bond acceptors (Lipinski definition) is 2. The number of fused-ring (bicyclic) bond motifs is 5. The van der Waals surface area contributed by atoms with Gasteiger partial charge >= 0.3 is 0 Å². The Morgan fingerprint density at radius 1 is 0.931 bits per heavy atom. The predicted octanol–water partition coefficient (Wildman–Crippen LogP) is 5.72. The first kappa shape index (κ1) is 18.3. The maximum atomic E-state index is 10.6. The molecule has 5 heteroatoms. The molecule has 0 fully saturated rings. The van der Waals surface area contributed by atoms with Crippen LogP contribution in [0, 0.1) is 0 Å². The zero-order chi connectivity index (χ0) is 20.1. The molecule has 1 atom stereocenters. The molecule has 146 valence electrons. The highest BCUT2D eigenvalue weighted by atomic mass is 35.5. The van der Waals surface area contributed by atoms with E-state index < -0.39 is 6.10 Å². The fraction of sp³-hybridized carbons (Fsp3) is 0.167. The van der Waals surface area contributed by atoms with Gasteiger partial charge in [0, 0.05) is 62.1 Å². The van der Waals surface area contributed by atoms with Crippen molar-refractivity contribution in [2.45, 2.75) is 6.10 Å². The fourth-order valence-corrected chi connectivity index (χ4v) is 4.44. The highest BCUT2D eigenvalue weighted by molar-refractivity contribution is 6.34. The van der Waals surface area contributed by atoms with Gasteiger partial charge in [0.25, 0.3) is 0 Å². The Balaban J connectivity index is 1.78. The second-order valence-electron chi connectivity index (χ2n) is 7.82. The lowest BCUT2D eigenvalue weighted by atomic mass is 9.97. The first-order chi connectivity index (χ1) is 14.0. The Kier molecular flexibility index (Phi) is 4.36. The predicted molar refractivity (Wildman–Crippen MR) is 122 cm³/mol. The summed E-state index contributed by atoms with van der Waals surface area (Å²) in [7, 11) is 3.93. The number of likely N-dealkylation sites (N-methyl/N-ethyl adjacent to an activating group) is 1. The Labute approximate surface area is 173 Å². The van der Waals surface area contributed by atoms with Crippen LogP contribution in [0.5, 0.6) is 0 Å². The van der Waals surface area contributed by atoms with E-state index >= 15 is 0 Å². The normalized spacial score (nSPS) is 13.1. The molecule has 29 heavy (non-hydrogen) atoms. The lowest BCUT2D eigenvalue weighted by Crippen LogP contribution is -2.19. The summed E-state index contributed by atoms with van der Waals surface area (Å²) in [6, 6.07) is 16.2. The van der Waals surface area contributed by atoms with Gasteiger partial charge in [-0.25, -0.2) is 0 Å². The molecule has 5 aromatic rings. The molecule has 0 amide bonds. The smallest absolute Gasteiger partial charge is 0.0916 e. The Morgan fingerprint density at radius 3 is 2.52 bits per heavy atom. The first-order valence-corrected chi connectivity index (χ1v) is 10.0. The van der Waals surface area contributed by atoms with Crippen molar-refractivity contribution in [2.75, 3.05) is 20.6 Å². The monoisotopic (exact) mass is 403 g/mol. The molecule has 1 unspecified atom stereocenters. The van der Waals surface area contributed by atoms with E-state index in [1.165, 1.54) is 0 Å². The Bertz CT molecular complexity index is 1350. The van der Waals surface area contributed by atoms with Gasteiger partial charge in [0.2, 0.25) is 0 Å². The van der Waals surface area contributed by atoms with Crippen LogP contribution >= 0.6 is 11.6 Å². The minimum absolute atomic E-state index is 0.525. The second-order valence-corrected chi connectivity index (χ2v) is 8.22. The van der Waals surface area contributed by atoms with Crippen molar-refractivity contribution in [1.82, 2.24) is 14.9 Å². The molecule has 0 aliphatic heterocycles. The van der Waals surface area contributed by atoms with Crippen molar-refractivity contribution in [1.29, 1.82) is 0 Å². The van der Waals surface area contributed by atoms with Crippen molar-refractivity contribution in [3.63, 3.8) is 0 Å². The molecule has 5 rings (SSSR count). The van der Waals surface area contributed by atoms with Gasteiger partial charge in [-0.15, -0.1) is 0 Å². The number of H-pyrrole nitrogens is 2. The number of hydrogen-bond donors (Lipinski definition) is 3. The molecule has 0 radical (unpaired) electrons. The van der Waals surface area contributed by atoms with Gasteiger partial charge in [0.1, 0.15) is 0 Å². The third-order valence-electron chi connectivity index (χ3n) is 5.53. The summed E-state index contributed by atoms with van der Waals surface area (Å²) < 4.78 is 0. The molecule has 0 saturated carbocycles. The van der Waals surface area contributed by atoms with Crippen LogP contribution in [-0.4, -0.2) is 40.6 Å². The molecular formula is C24H22ClN3O. The van der Waals surface area contributed by atoms with E-state index in [-0.39, 0.29) is 0 Å². The van der Waals surface area contributed by atoms with E-state index in [0.717, 1.165) is 54.3 Å². The summed E-state index contributed by atoms with van der Waals surface area (Å²) in [5, 5.41) is 15.9. The highest BCUT2D eigenvalue weighted by Gasteiger charge is 2.17. The average Bonchev–Trinajstić information content (AvgIpc) is 3.30. The van der Waals surface area contributed by atoms with E-state index in [9.17, 15) is 5.11 Å². The maximum Gasteiger partial charge on any atom is 0.0916 e. The molecule has 0 saturated heterocycles. The van der Waals surface area contributed by atoms with Crippen LogP contribution in [0.25, 0.3) is 43.7 Å². The molecule has 0 aliphatic rings.